The van der Waals surface area contributed by atoms with Gasteiger partial charge in [-0.05, 0) is 17.7 Å². The van der Waals surface area contributed by atoms with E-state index in [2.05, 4.69) is 11.9 Å². The third-order valence-corrected chi connectivity index (χ3v) is 2.90. The van der Waals surface area contributed by atoms with Gasteiger partial charge in [0.25, 0.3) is 0 Å². The number of nitrogens with zero attached hydrogens (tertiary/aromatic N) is 1. The lowest BCUT2D eigenvalue weighted by Crippen LogP contribution is -2.36. The van der Waals surface area contributed by atoms with Gasteiger partial charge in [-0.15, -0.1) is 0 Å². The molecule has 0 radical (unpaired) electrons. The molecule has 0 saturated heterocycles. The molecule has 116 valence electrons. The highest BCUT2D eigenvalue weighted by molar-refractivity contribution is 5.77. The fourth-order valence-corrected chi connectivity index (χ4v) is 1.71. The second-order valence-corrected chi connectivity index (χ2v) is 4.66. The van der Waals surface area contributed by atoms with E-state index in [9.17, 15) is 4.79 Å². The van der Waals surface area contributed by atoms with E-state index in [4.69, 9.17) is 9.47 Å². The lowest BCUT2D eigenvalue weighted by atomic mass is 10.2. The van der Waals surface area contributed by atoms with Crippen LogP contribution in [0.5, 0.6) is 5.75 Å². The number of carbonyl (C=O) groups is 1. The normalized spacial score (nSPS) is 10.2. The van der Waals surface area contributed by atoms with E-state index in [1.165, 1.54) is 0 Å². The van der Waals surface area contributed by atoms with Crippen LogP contribution in [0.15, 0.2) is 36.9 Å². The number of hydrogen-bond donors (Lipinski definition) is 1. The van der Waals surface area contributed by atoms with Crippen molar-refractivity contribution in [1.82, 2.24) is 10.2 Å². The fraction of sp³-hybridized carbons (Fsp3) is 0.438. The Kier molecular flexibility index (Phi) is 8.16. The largest absolute Gasteiger partial charge is 0.490 e. The topological polar surface area (TPSA) is 50.8 Å². The molecule has 0 bridgehead atoms. The molecule has 0 aliphatic carbocycles. The monoisotopic (exact) mass is 292 g/mol. The molecule has 0 unspecified atom stereocenters. The molecule has 5 nitrogen and oxygen atoms in total. The number of carbonyl (C=O) groups excluding carboxylic acids is 1. The molecule has 1 amide bonds. The SMILES string of the molecule is C=CCOc1ccc(CN(C)C(=O)CNCCOC)cc1. The summed E-state index contributed by atoms with van der Waals surface area (Å²) in [6, 6.07) is 7.71. The predicted octanol–water partition coefficient (Wildman–Crippen LogP) is 1.45. The quantitative estimate of drug-likeness (QED) is 0.524. The maximum Gasteiger partial charge on any atom is 0.236 e. The highest BCUT2D eigenvalue weighted by Crippen LogP contribution is 2.13. The molecule has 0 aliphatic heterocycles. The van der Waals surface area contributed by atoms with Crippen molar-refractivity contribution in [2.75, 3.05) is 40.5 Å². The summed E-state index contributed by atoms with van der Waals surface area (Å²) in [7, 11) is 3.43. The standard InChI is InChI=1S/C16H24N2O3/c1-4-10-21-15-7-5-14(6-8-15)13-18(2)16(19)12-17-9-11-20-3/h4-8,17H,1,9-13H2,2-3H3. The zero-order chi connectivity index (χ0) is 15.5. The number of methoxy groups -OCH3 is 1. The molecule has 0 aromatic heterocycles. The summed E-state index contributed by atoms with van der Waals surface area (Å²) in [6.45, 7) is 6.26. The van der Waals surface area contributed by atoms with Crippen LogP contribution in [0, 0.1) is 0 Å². The Morgan fingerprint density at radius 3 is 2.71 bits per heavy atom. The fourth-order valence-electron chi connectivity index (χ4n) is 1.71. The minimum absolute atomic E-state index is 0.0538. The van der Waals surface area contributed by atoms with Crippen LogP contribution in [0.3, 0.4) is 0 Å². The number of nitrogens with one attached hydrogen (secondary N) is 1. The molecule has 5 heteroatoms. The summed E-state index contributed by atoms with van der Waals surface area (Å²) < 4.78 is 10.3. The number of benzene rings is 1. The number of likely N-dealkylation sites (N-methyl/N-ethyl adjacent to an activating group) is 1. The summed E-state index contributed by atoms with van der Waals surface area (Å²) >= 11 is 0. The second-order valence-electron chi connectivity index (χ2n) is 4.66. The zero-order valence-electron chi connectivity index (χ0n) is 12.8. The lowest BCUT2D eigenvalue weighted by Gasteiger charge is -2.18. The zero-order valence-corrected chi connectivity index (χ0v) is 12.8. The van der Waals surface area contributed by atoms with Crippen molar-refractivity contribution < 1.29 is 14.3 Å². The summed E-state index contributed by atoms with van der Waals surface area (Å²) in [6.07, 6.45) is 1.71. The molecule has 1 aromatic carbocycles. The van der Waals surface area contributed by atoms with E-state index in [-0.39, 0.29) is 5.91 Å². The Bertz CT molecular complexity index is 432. The molecule has 0 heterocycles. The van der Waals surface area contributed by atoms with Crippen molar-refractivity contribution in [3.8, 4) is 5.75 Å². The van der Waals surface area contributed by atoms with E-state index in [1.807, 2.05) is 24.3 Å². The van der Waals surface area contributed by atoms with Gasteiger partial charge in [0.15, 0.2) is 0 Å². The molecule has 0 atom stereocenters. The summed E-state index contributed by atoms with van der Waals surface area (Å²) in [5.74, 6) is 0.854. The third kappa shape index (κ3) is 6.92. The minimum atomic E-state index is 0.0538. The number of ether oxygens (including phenoxy) is 2. The van der Waals surface area contributed by atoms with Crippen LogP contribution in [0.25, 0.3) is 0 Å². The highest BCUT2D eigenvalue weighted by atomic mass is 16.5. The number of rotatable bonds is 10. The molecule has 21 heavy (non-hydrogen) atoms. The molecular weight excluding hydrogens is 268 g/mol. The van der Waals surface area contributed by atoms with Gasteiger partial charge >= 0.3 is 0 Å². The van der Waals surface area contributed by atoms with Crippen LogP contribution in [0.4, 0.5) is 0 Å². The van der Waals surface area contributed by atoms with Crippen molar-refractivity contribution in [2.45, 2.75) is 6.54 Å². The first kappa shape index (κ1) is 17.2. The molecule has 1 rings (SSSR count). The van der Waals surface area contributed by atoms with E-state index < -0.39 is 0 Å². The maximum absolute atomic E-state index is 11.9. The Labute approximate surface area is 126 Å². The summed E-state index contributed by atoms with van der Waals surface area (Å²) in [5.41, 5.74) is 1.06. The van der Waals surface area contributed by atoms with Gasteiger partial charge in [-0.1, -0.05) is 24.8 Å². The van der Waals surface area contributed by atoms with Gasteiger partial charge in [0.05, 0.1) is 13.2 Å². The molecule has 1 N–H and O–H groups in total. The molecule has 1 aromatic rings. The van der Waals surface area contributed by atoms with Crippen LogP contribution in [0.2, 0.25) is 0 Å². The van der Waals surface area contributed by atoms with Gasteiger partial charge in [0.2, 0.25) is 5.91 Å². The first-order chi connectivity index (χ1) is 10.2. The smallest absolute Gasteiger partial charge is 0.236 e. The van der Waals surface area contributed by atoms with E-state index >= 15 is 0 Å². The second kappa shape index (κ2) is 9.96. The van der Waals surface area contributed by atoms with E-state index in [0.717, 1.165) is 11.3 Å². The van der Waals surface area contributed by atoms with Crippen molar-refractivity contribution in [3.63, 3.8) is 0 Å². The lowest BCUT2D eigenvalue weighted by molar-refractivity contribution is -0.129. The molecular formula is C16H24N2O3. The van der Waals surface area contributed by atoms with Gasteiger partial charge in [0.1, 0.15) is 12.4 Å². The number of amides is 1. The van der Waals surface area contributed by atoms with Gasteiger partial charge < -0.3 is 19.7 Å². The first-order valence-electron chi connectivity index (χ1n) is 6.93. The average molecular weight is 292 g/mol. The van der Waals surface area contributed by atoms with Crippen molar-refractivity contribution in [3.05, 3.63) is 42.5 Å². The predicted molar refractivity (Wildman–Crippen MR) is 83.4 cm³/mol. The van der Waals surface area contributed by atoms with Crippen LogP contribution in [-0.2, 0) is 16.1 Å². The Morgan fingerprint density at radius 2 is 2.10 bits per heavy atom. The van der Waals surface area contributed by atoms with Crippen LogP contribution >= 0.6 is 0 Å². The Hall–Kier alpha value is -1.85. The molecule has 0 spiro atoms. The van der Waals surface area contributed by atoms with Gasteiger partial charge in [-0.25, -0.2) is 0 Å². The van der Waals surface area contributed by atoms with Crippen LogP contribution < -0.4 is 10.1 Å². The maximum atomic E-state index is 11.9. The van der Waals surface area contributed by atoms with Gasteiger partial charge in [-0.3, -0.25) is 4.79 Å². The molecule has 0 aliphatic rings. The highest BCUT2D eigenvalue weighted by Gasteiger charge is 2.08. The van der Waals surface area contributed by atoms with Crippen molar-refractivity contribution in [2.24, 2.45) is 0 Å². The van der Waals surface area contributed by atoms with Crippen molar-refractivity contribution >= 4 is 5.91 Å². The van der Waals surface area contributed by atoms with E-state index in [1.54, 1.807) is 25.1 Å². The minimum Gasteiger partial charge on any atom is -0.490 e. The van der Waals surface area contributed by atoms with Crippen molar-refractivity contribution in [1.29, 1.82) is 0 Å². The molecule has 0 fully saturated rings. The average Bonchev–Trinajstić information content (AvgIpc) is 2.50. The van der Waals surface area contributed by atoms with Gasteiger partial charge in [-0.2, -0.15) is 0 Å². The van der Waals surface area contributed by atoms with Crippen LogP contribution in [0.1, 0.15) is 5.56 Å². The third-order valence-electron chi connectivity index (χ3n) is 2.90. The molecule has 0 saturated carbocycles. The summed E-state index contributed by atoms with van der Waals surface area (Å²) in [5, 5.41) is 3.04. The first-order valence-corrected chi connectivity index (χ1v) is 6.93. The Balaban J connectivity index is 2.37. The van der Waals surface area contributed by atoms with E-state index in [0.29, 0.717) is 32.8 Å². The Morgan fingerprint density at radius 1 is 1.38 bits per heavy atom. The summed E-state index contributed by atoms with van der Waals surface area (Å²) in [4.78, 5) is 13.6. The number of hydrogen-bond acceptors (Lipinski definition) is 4. The van der Waals surface area contributed by atoms with Gasteiger partial charge in [0, 0.05) is 27.2 Å². The van der Waals surface area contributed by atoms with Crippen LogP contribution in [-0.4, -0.2) is 51.3 Å².